The van der Waals surface area contributed by atoms with Gasteiger partial charge in [-0.1, -0.05) is 30.0 Å². The molecule has 0 amide bonds. The summed E-state index contributed by atoms with van der Waals surface area (Å²) in [7, 11) is 4.04. The molecule has 2 heterocycles. The Bertz CT molecular complexity index is 877. The number of pyridine rings is 1. The maximum atomic E-state index is 10.8. The van der Waals surface area contributed by atoms with Crippen LogP contribution in [0.5, 0.6) is 0 Å². The minimum atomic E-state index is -0.460. The quantitative estimate of drug-likeness (QED) is 0.382. The average molecular weight is 355 g/mol. The first kappa shape index (κ1) is 17.0. The molecule has 0 unspecified atom stereocenters. The average Bonchev–Trinajstić information content (AvgIpc) is 3.08. The van der Waals surface area contributed by atoms with Gasteiger partial charge >= 0.3 is 0 Å². The fourth-order valence-electron chi connectivity index (χ4n) is 2.41. The summed E-state index contributed by atoms with van der Waals surface area (Å²) < 4.78 is 1.83. The third kappa shape index (κ3) is 3.80. The molecule has 25 heavy (non-hydrogen) atoms. The first-order valence-corrected chi connectivity index (χ1v) is 8.57. The van der Waals surface area contributed by atoms with E-state index in [1.807, 2.05) is 30.8 Å². The fraction of sp³-hybridized carbons (Fsp3) is 0.176. The Kier molecular flexibility index (Phi) is 4.99. The van der Waals surface area contributed by atoms with Gasteiger partial charge in [-0.2, -0.15) is 0 Å². The van der Waals surface area contributed by atoms with Crippen LogP contribution in [-0.4, -0.2) is 33.6 Å². The highest BCUT2D eigenvalue weighted by molar-refractivity contribution is 7.98. The van der Waals surface area contributed by atoms with Crippen molar-refractivity contribution in [3.63, 3.8) is 0 Å². The molecule has 0 fully saturated rings. The maximum Gasteiger partial charge on any atom is 0.287 e. The molecule has 7 nitrogen and oxygen atoms in total. The number of nitro groups is 1. The van der Waals surface area contributed by atoms with Crippen LogP contribution >= 0.6 is 11.8 Å². The van der Waals surface area contributed by atoms with Gasteiger partial charge in [0.15, 0.2) is 5.16 Å². The van der Waals surface area contributed by atoms with Gasteiger partial charge in [0.25, 0.3) is 5.69 Å². The Morgan fingerprint density at radius 2 is 2.00 bits per heavy atom. The number of aromatic nitrogens is 3. The highest BCUT2D eigenvalue weighted by Crippen LogP contribution is 2.28. The summed E-state index contributed by atoms with van der Waals surface area (Å²) in [6, 6.07) is 11.3. The van der Waals surface area contributed by atoms with Crippen molar-refractivity contribution >= 4 is 23.1 Å². The van der Waals surface area contributed by atoms with Gasteiger partial charge in [-0.3, -0.25) is 14.7 Å². The van der Waals surface area contributed by atoms with Crippen LogP contribution < -0.4 is 4.90 Å². The number of thioether (sulfide) groups is 1. The normalized spacial score (nSPS) is 10.6. The molecule has 0 N–H and O–H groups in total. The number of hydrogen-bond donors (Lipinski definition) is 0. The molecule has 1 aromatic carbocycles. The standard InChI is InChI=1S/C17H17N5O2S/c1-20(2)15-6-4-3-5-13(15)12-25-17-18-9-10-21(17)16-8-7-14(11-19-16)22(23)24/h3-11H,12H2,1-2H3. The van der Waals surface area contributed by atoms with Crippen molar-refractivity contribution in [3.05, 3.63) is 70.7 Å². The smallest absolute Gasteiger partial charge is 0.287 e. The Morgan fingerprint density at radius 1 is 1.20 bits per heavy atom. The lowest BCUT2D eigenvalue weighted by Gasteiger charge is -2.17. The second kappa shape index (κ2) is 7.35. The minimum Gasteiger partial charge on any atom is -0.377 e. The molecule has 2 aromatic heterocycles. The van der Waals surface area contributed by atoms with Crippen molar-refractivity contribution < 1.29 is 4.92 Å². The van der Waals surface area contributed by atoms with Crippen LogP contribution in [0.25, 0.3) is 5.82 Å². The highest BCUT2D eigenvalue weighted by Gasteiger charge is 2.11. The first-order valence-electron chi connectivity index (χ1n) is 7.58. The van der Waals surface area contributed by atoms with E-state index in [4.69, 9.17) is 0 Å². The molecule has 8 heteroatoms. The lowest BCUT2D eigenvalue weighted by Crippen LogP contribution is -2.10. The number of rotatable bonds is 6. The molecular weight excluding hydrogens is 338 g/mol. The van der Waals surface area contributed by atoms with E-state index in [-0.39, 0.29) is 5.69 Å². The summed E-state index contributed by atoms with van der Waals surface area (Å²) in [5.41, 5.74) is 2.35. The topological polar surface area (TPSA) is 77.1 Å². The van der Waals surface area contributed by atoms with Gasteiger partial charge in [0, 0.05) is 44.0 Å². The first-order chi connectivity index (χ1) is 12.1. The van der Waals surface area contributed by atoms with Gasteiger partial charge in [0.2, 0.25) is 0 Å². The van der Waals surface area contributed by atoms with Gasteiger partial charge in [-0.15, -0.1) is 0 Å². The van der Waals surface area contributed by atoms with Gasteiger partial charge in [0.1, 0.15) is 12.0 Å². The highest BCUT2D eigenvalue weighted by atomic mass is 32.2. The largest absolute Gasteiger partial charge is 0.377 e. The van der Waals surface area contributed by atoms with Crippen molar-refractivity contribution in [2.45, 2.75) is 10.9 Å². The zero-order valence-electron chi connectivity index (χ0n) is 13.9. The molecule has 3 rings (SSSR count). The zero-order chi connectivity index (χ0) is 17.8. The van der Waals surface area contributed by atoms with Crippen LogP contribution in [0.3, 0.4) is 0 Å². The van der Waals surface area contributed by atoms with Gasteiger partial charge in [0.05, 0.1) is 4.92 Å². The molecule has 128 valence electrons. The minimum absolute atomic E-state index is 0.0296. The van der Waals surface area contributed by atoms with Crippen LogP contribution in [0.2, 0.25) is 0 Å². The number of para-hydroxylation sites is 1. The Balaban J connectivity index is 1.80. The van der Waals surface area contributed by atoms with Crippen molar-refractivity contribution in [2.24, 2.45) is 0 Å². The summed E-state index contributed by atoms with van der Waals surface area (Å²) in [5.74, 6) is 1.37. The number of benzene rings is 1. The maximum absolute atomic E-state index is 10.8. The van der Waals surface area contributed by atoms with Crippen molar-refractivity contribution in [1.29, 1.82) is 0 Å². The number of imidazole rings is 1. The monoisotopic (exact) mass is 355 g/mol. The fourth-order valence-corrected chi connectivity index (χ4v) is 3.37. The van der Waals surface area contributed by atoms with Crippen molar-refractivity contribution in [2.75, 3.05) is 19.0 Å². The molecule has 0 radical (unpaired) electrons. The molecule has 0 saturated carbocycles. The number of hydrogen-bond acceptors (Lipinski definition) is 6. The lowest BCUT2D eigenvalue weighted by molar-refractivity contribution is -0.385. The summed E-state index contributed by atoms with van der Waals surface area (Å²) in [6.07, 6.45) is 4.75. The molecule has 0 atom stereocenters. The third-order valence-corrected chi connectivity index (χ3v) is 4.64. The van der Waals surface area contributed by atoms with E-state index in [1.165, 1.54) is 23.5 Å². The molecular formula is C17H17N5O2S. The second-order valence-electron chi connectivity index (χ2n) is 5.52. The summed E-state index contributed by atoms with van der Waals surface area (Å²) in [5, 5.41) is 11.5. The Morgan fingerprint density at radius 3 is 2.68 bits per heavy atom. The lowest BCUT2D eigenvalue weighted by atomic mass is 10.2. The van der Waals surface area contributed by atoms with Gasteiger partial charge in [-0.25, -0.2) is 9.97 Å². The van der Waals surface area contributed by atoms with Crippen LogP contribution in [0, 0.1) is 10.1 Å². The number of nitrogens with zero attached hydrogens (tertiary/aromatic N) is 5. The van der Waals surface area contributed by atoms with E-state index >= 15 is 0 Å². The molecule has 0 saturated heterocycles. The Hall–Kier alpha value is -2.87. The molecule has 0 bridgehead atoms. The molecule has 0 aliphatic heterocycles. The van der Waals surface area contributed by atoms with Gasteiger partial charge < -0.3 is 4.90 Å². The van der Waals surface area contributed by atoms with E-state index in [0.717, 1.165) is 10.9 Å². The van der Waals surface area contributed by atoms with E-state index in [0.29, 0.717) is 5.82 Å². The zero-order valence-corrected chi connectivity index (χ0v) is 14.7. The summed E-state index contributed by atoms with van der Waals surface area (Å²) in [6.45, 7) is 0. The van der Waals surface area contributed by atoms with Crippen molar-refractivity contribution in [1.82, 2.24) is 14.5 Å². The van der Waals surface area contributed by atoms with E-state index in [1.54, 1.807) is 30.2 Å². The molecule has 0 spiro atoms. The van der Waals surface area contributed by atoms with Crippen molar-refractivity contribution in [3.8, 4) is 5.82 Å². The molecule has 0 aliphatic carbocycles. The van der Waals surface area contributed by atoms with Gasteiger partial charge in [-0.05, 0) is 17.7 Å². The predicted octanol–water partition coefficient (Wildman–Crippen LogP) is 3.53. The third-order valence-electron chi connectivity index (χ3n) is 3.63. The number of anilines is 1. The summed E-state index contributed by atoms with van der Waals surface area (Å²) in [4.78, 5) is 20.9. The van der Waals surface area contributed by atoms with E-state index in [2.05, 4.69) is 27.0 Å². The predicted molar refractivity (Wildman–Crippen MR) is 98.3 cm³/mol. The van der Waals surface area contributed by atoms with Crippen LogP contribution in [0.4, 0.5) is 11.4 Å². The Labute approximate surface area is 149 Å². The second-order valence-corrected chi connectivity index (χ2v) is 6.47. The van der Waals surface area contributed by atoms with Crippen LogP contribution in [0.1, 0.15) is 5.56 Å². The van der Waals surface area contributed by atoms with Crippen LogP contribution in [-0.2, 0) is 5.75 Å². The van der Waals surface area contributed by atoms with E-state index < -0.39 is 4.92 Å². The molecule has 3 aromatic rings. The summed E-state index contributed by atoms with van der Waals surface area (Å²) >= 11 is 1.60. The van der Waals surface area contributed by atoms with E-state index in [9.17, 15) is 10.1 Å². The molecule has 0 aliphatic rings. The SMILES string of the molecule is CN(C)c1ccccc1CSc1nccn1-c1ccc([N+](=O)[O-])cn1. The van der Waals surface area contributed by atoms with Crippen LogP contribution in [0.15, 0.2) is 60.1 Å².